The summed E-state index contributed by atoms with van der Waals surface area (Å²) in [6.45, 7) is -0.992. The van der Waals surface area contributed by atoms with E-state index in [1.165, 1.54) is 6.07 Å². The molecule has 1 fully saturated rings. The van der Waals surface area contributed by atoms with Crippen LogP contribution in [0.3, 0.4) is 0 Å². The molecule has 2 N–H and O–H groups in total. The Morgan fingerprint density at radius 1 is 1.48 bits per heavy atom. The third-order valence-corrected chi connectivity index (χ3v) is 3.50. The van der Waals surface area contributed by atoms with Crippen LogP contribution in [0.5, 0.6) is 5.75 Å². The van der Waals surface area contributed by atoms with Gasteiger partial charge in [-0.25, -0.2) is 4.39 Å². The Labute approximate surface area is 121 Å². The normalized spacial score (nSPS) is 18.8. The predicted octanol–water partition coefficient (Wildman–Crippen LogP) is 2.87. The summed E-state index contributed by atoms with van der Waals surface area (Å²) in [7, 11) is 1.78. The lowest BCUT2D eigenvalue weighted by atomic mass is 10.0. The lowest BCUT2D eigenvalue weighted by Crippen LogP contribution is -2.31. The number of alkyl halides is 2. The van der Waals surface area contributed by atoms with E-state index < -0.39 is 18.2 Å². The van der Waals surface area contributed by atoms with Crippen molar-refractivity contribution in [2.45, 2.75) is 19.5 Å². The number of benzene rings is 1. The van der Waals surface area contributed by atoms with Crippen molar-refractivity contribution in [3.8, 4) is 5.75 Å². The highest BCUT2D eigenvalue weighted by atomic mass is 19.3. The third-order valence-electron chi connectivity index (χ3n) is 3.50. The van der Waals surface area contributed by atoms with Crippen molar-refractivity contribution in [3.05, 3.63) is 17.9 Å². The molecule has 1 aliphatic rings. The fraction of sp³-hybridized carbons (Fsp3) is 0.571. The van der Waals surface area contributed by atoms with Crippen LogP contribution in [-0.4, -0.2) is 33.4 Å². The molecular formula is C14H19F3N2O2. The van der Waals surface area contributed by atoms with Gasteiger partial charge in [0.25, 0.3) is 0 Å². The van der Waals surface area contributed by atoms with E-state index in [2.05, 4.69) is 4.74 Å². The van der Waals surface area contributed by atoms with Crippen molar-refractivity contribution in [1.29, 1.82) is 0 Å². The summed E-state index contributed by atoms with van der Waals surface area (Å²) < 4.78 is 47.6. The smallest absolute Gasteiger partial charge is 0.387 e. The molecule has 4 nitrogen and oxygen atoms in total. The minimum atomic E-state index is -3.08. The number of nitrogens with zero attached hydrogens (tertiary/aromatic N) is 1. The summed E-state index contributed by atoms with van der Waals surface area (Å²) in [5.41, 5.74) is 6.43. The van der Waals surface area contributed by atoms with Crippen molar-refractivity contribution in [2.24, 2.45) is 5.92 Å². The fourth-order valence-corrected chi connectivity index (χ4v) is 2.51. The standard InChI is InChI=1S/C14H19F3N2O2/c1-19(7-9-3-2-4-20-8-9)12-6-13(21-14(16)17)10(15)5-11(12)18/h5-6,9,14H,2-4,7-8,18H2,1H3. The minimum absolute atomic E-state index is 0.188. The van der Waals surface area contributed by atoms with Crippen LogP contribution in [0.15, 0.2) is 12.1 Å². The zero-order valence-corrected chi connectivity index (χ0v) is 11.8. The number of anilines is 2. The van der Waals surface area contributed by atoms with Crippen LogP contribution < -0.4 is 15.4 Å². The molecule has 1 aromatic carbocycles. The van der Waals surface area contributed by atoms with E-state index in [0.717, 1.165) is 25.5 Å². The molecule has 0 aromatic heterocycles. The van der Waals surface area contributed by atoms with Gasteiger partial charge >= 0.3 is 6.61 Å². The molecular weight excluding hydrogens is 285 g/mol. The molecule has 0 bridgehead atoms. The first-order valence-corrected chi connectivity index (χ1v) is 6.80. The van der Waals surface area contributed by atoms with E-state index in [0.29, 0.717) is 24.8 Å². The zero-order valence-electron chi connectivity index (χ0n) is 11.8. The molecule has 118 valence electrons. The highest BCUT2D eigenvalue weighted by Crippen LogP contribution is 2.32. The number of hydrogen-bond donors (Lipinski definition) is 1. The lowest BCUT2D eigenvalue weighted by Gasteiger charge is -2.29. The molecule has 1 aromatic rings. The Bertz CT molecular complexity index is 480. The van der Waals surface area contributed by atoms with Crippen LogP contribution in [0.25, 0.3) is 0 Å². The van der Waals surface area contributed by atoms with Crippen LogP contribution in [0.2, 0.25) is 0 Å². The van der Waals surface area contributed by atoms with Gasteiger partial charge in [0.15, 0.2) is 11.6 Å². The van der Waals surface area contributed by atoms with Crippen LogP contribution in [-0.2, 0) is 4.74 Å². The summed E-state index contributed by atoms with van der Waals surface area (Å²) in [5, 5.41) is 0. The molecule has 0 amide bonds. The number of nitrogen functional groups attached to an aromatic ring is 1. The topological polar surface area (TPSA) is 47.7 Å². The molecule has 0 spiro atoms. The predicted molar refractivity (Wildman–Crippen MR) is 74.3 cm³/mol. The highest BCUT2D eigenvalue weighted by molar-refractivity contribution is 5.69. The largest absolute Gasteiger partial charge is 0.432 e. The summed E-state index contributed by atoms with van der Waals surface area (Å²) in [4.78, 5) is 1.81. The molecule has 0 radical (unpaired) electrons. The van der Waals surface area contributed by atoms with E-state index in [1.54, 1.807) is 7.05 Å². The summed E-state index contributed by atoms with van der Waals surface area (Å²) >= 11 is 0. The Morgan fingerprint density at radius 2 is 2.24 bits per heavy atom. The maximum absolute atomic E-state index is 13.5. The Balaban J connectivity index is 2.13. The molecule has 7 heteroatoms. The van der Waals surface area contributed by atoms with Gasteiger partial charge in [0.1, 0.15) is 0 Å². The molecule has 21 heavy (non-hydrogen) atoms. The molecule has 1 atom stereocenters. The van der Waals surface area contributed by atoms with Gasteiger partial charge in [0.2, 0.25) is 0 Å². The van der Waals surface area contributed by atoms with E-state index in [9.17, 15) is 13.2 Å². The second-order valence-corrected chi connectivity index (χ2v) is 5.18. The van der Waals surface area contributed by atoms with Crippen LogP contribution >= 0.6 is 0 Å². The van der Waals surface area contributed by atoms with Gasteiger partial charge in [0.05, 0.1) is 18.0 Å². The molecule has 1 aliphatic heterocycles. The second kappa shape index (κ2) is 6.89. The van der Waals surface area contributed by atoms with Crippen molar-refractivity contribution < 1.29 is 22.6 Å². The average Bonchev–Trinajstić information content (AvgIpc) is 2.42. The fourth-order valence-electron chi connectivity index (χ4n) is 2.51. The van der Waals surface area contributed by atoms with Crippen molar-refractivity contribution >= 4 is 11.4 Å². The SMILES string of the molecule is CN(CC1CCCOC1)c1cc(OC(F)F)c(F)cc1N. The van der Waals surface area contributed by atoms with E-state index in [-0.39, 0.29) is 5.69 Å². The maximum atomic E-state index is 13.5. The first-order valence-electron chi connectivity index (χ1n) is 6.80. The van der Waals surface area contributed by atoms with Crippen LogP contribution in [0, 0.1) is 11.7 Å². The Morgan fingerprint density at radius 3 is 2.86 bits per heavy atom. The molecule has 0 aliphatic carbocycles. The van der Waals surface area contributed by atoms with E-state index in [1.807, 2.05) is 4.90 Å². The quantitative estimate of drug-likeness (QED) is 0.850. The number of hydrogen-bond acceptors (Lipinski definition) is 4. The van der Waals surface area contributed by atoms with Gasteiger partial charge in [-0.05, 0) is 18.8 Å². The summed E-state index contributed by atoms with van der Waals surface area (Å²) in [5.74, 6) is -1.06. The first kappa shape index (κ1) is 15.8. The first-order chi connectivity index (χ1) is 9.97. The third kappa shape index (κ3) is 4.17. The van der Waals surface area contributed by atoms with Gasteiger partial charge in [-0.3, -0.25) is 0 Å². The lowest BCUT2D eigenvalue weighted by molar-refractivity contribution is -0.0521. The monoisotopic (exact) mass is 304 g/mol. The number of halogens is 3. The van der Waals surface area contributed by atoms with Gasteiger partial charge in [-0.1, -0.05) is 0 Å². The van der Waals surface area contributed by atoms with Crippen molar-refractivity contribution in [3.63, 3.8) is 0 Å². The van der Waals surface area contributed by atoms with E-state index >= 15 is 0 Å². The molecule has 1 heterocycles. The summed E-state index contributed by atoms with van der Waals surface area (Å²) in [6, 6.07) is 2.21. The van der Waals surface area contributed by atoms with Gasteiger partial charge in [0, 0.05) is 32.3 Å². The summed E-state index contributed by atoms with van der Waals surface area (Å²) in [6.07, 6.45) is 2.03. The van der Waals surface area contributed by atoms with Crippen LogP contribution in [0.1, 0.15) is 12.8 Å². The van der Waals surface area contributed by atoms with Gasteiger partial charge in [-0.15, -0.1) is 0 Å². The zero-order chi connectivity index (χ0) is 15.4. The average molecular weight is 304 g/mol. The number of ether oxygens (including phenoxy) is 2. The van der Waals surface area contributed by atoms with Crippen molar-refractivity contribution in [2.75, 3.05) is 37.4 Å². The second-order valence-electron chi connectivity index (χ2n) is 5.18. The molecule has 2 rings (SSSR count). The minimum Gasteiger partial charge on any atom is -0.432 e. The Hall–Kier alpha value is -1.63. The number of nitrogens with two attached hydrogens (primary N) is 1. The molecule has 1 unspecified atom stereocenters. The Kier molecular flexibility index (Phi) is 5.17. The van der Waals surface area contributed by atoms with E-state index in [4.69, 9.17) is 10.5 Å². The van der Waals surface area contributed by atoms with Gasteiger partial charge < -0.3 is 20.1 Å². The maximum Gasteiger partial charge on any atom is 0.387 e. The van der Waals surface area contributed by atoms with Gasteiger partial charge in [-0.2, -0.15) is 8.78 Å². The highest BCUT2D eigenvalue weighted by Gasteiger charge is 2.19. The van der Waals surface area contributed by atoms with Crippen LogP contribution in [0.4, 0.5) is 24.5 Å². The number of rotatable bonds is 5. The molecule has 1 saturated heterocycles. The van der Waals surface area contributed by atoms with Crippen molar-refractivity contribution in [1.82, 2.24) is 0 Å². The molecule has 0 saturated carbocycles.